The van der Waals surface area contributed by atoms with E-state index in [0.29, 0.717) is 5.92 Å². The molecule has 0 aliphatic rings. The number of rotatable bonds is 9. The van der Waals surface area contributed by atoms with E-state index >= 15 is 0 Å². The van der Waals surface area contributed by atoms with Crippen molar-refractivity contribution in [3.05, 3.63) is 10.0 Å². The van der Waals surface area contributed by atoms with Crippen LogP contribution in [-0.2, 0) is 11.3 Å². The van der Waals surface area contributed by atoms with E-state index < -0.39 is 0 Å². The van der Waals surface area contributed by atoms with Gasteiger partial charge in [-0.1, -0.05) is 38.0 Å². The molecule has 0 saturated carbocycles. The highest BCUT2D eigenvalue weighted by molar-refractivity contribution is 7.11. The minimum Gasteiger partial charge on any atom is -0.383 e. The second-order valence-corrected chi connectivity index (χ2v) is 5.34. The zero-order valence-corrected chi connectivity index (χ0v) is 11.8. The van der Waals surface area contributed by atoms with Crippen LogP contribution in [0, 0.1) is 0 Å². The van der Waals surface area contributed by atoms with Crippen LogP contribution in [0.3, 0.4) is 0 Å². The fourth-order valence-corrected chi connectivity index (χ4v) is 2.44. The molecule has 1 unspecified atom stereocenters. The van der Waals surface area contributed by atoms with Crippen molar-refractivity contribution >= 4 is 11.3 Å². The van der Waals surface area contributed by atoms with E-state index in [1.54, 1.807) is 18.4 Å². The first-order valence-electron chi connectivity index (χ1n) is 6.29. The van der Waals surface area contributed by atoms with E-state index in [4.69, 9.17) is 4.74 Å². The molecule has 0 radical (unpaired) electrons. The first-order chi connectivity index (χ1) is 8.27. The molecular weight excluding hydrogens is 234 g/mol. The molecule has 1 heterocycles. The summed E-state index contributed by atoms with van der Waals surface area (Å²) in [4.78, 5) is 0. The van der Waals surface area contributed by atoms with Crippen molar-refractivity contribution in [3.63, 3.8) is 0 Å². The zero-order chi connectivity index (χ0) is 12.5. The smallest absolute Gasteiger partial charge is 0.131 e. The minimum atomic E-state index is 0.542. The molecule has 4 nitrogen and oxygen atoms in total. The van der Waals surface area contributed by atoms with Crippen LogP contribution < -0.4 is 5.32 Å². The van der Waals surface area contributed by atoms with Gasteiger partial charge in [0.1, 0.15) is 10.0 Å². The Morgan fingerprint density at radius 1 is 1.41 bits per heavy atom. The van der Waals surface area contributed by atoms with Gasteiger partial charge in [0.2, 0.25) is 0 Å². The lowest BCUT2D eigenvalue weighted by Crippen LogP contribution is -2.18. The van der Waals surface area contributed by atoms with Gasteiger partial charge in [-0.3, -0.25) is 0 Å². The summed E-state index contributed by atoms with van der Waals surface area (Å²) in [6, 6.07) is 0. The van der Waals surface area contributed by atoms with Crippen LogP contribution >= 0.6 is 11.3 Å². The lowest BCUT2D eigenvalue weighted by atomic mass is 10.1. The average Bonchev–Trinajstić information content (AvgIpc) is 2.80. The topological polar surface area (TPSA) is 47.0 Å². The summed E-state index contributed by atoms with van der Waals surface area (Å²) in [5, 5.41) is 14.0. The Morgan fingerprint density at radius 2 is 2.24 bits per heavy atom. The number of nitrogens with one attached hydrogen (secondary N) is 1. The number of nitrogens with zero attached hydrogens (tertiary/aromatic N) is 2. The average molecular weight is 257 g/mol. The predicted octanol–water partition coefficient (Wildman–Crippen LogP) is 2.57. The van der Waals surface area contributed by atoms with Gasteiger partial charge in [-0.15, -0.1) is 10.2 Å². The lowest BCUT2D eigenvalue weighted by Gasteiger charge is -2.04. The predicted molar refractivity (Wildman–Crippen MR) is 71.4 cm³/mol. The van der Waals surface area contributed by atoms with E-state index in [0.717, 1.165) is 24.7 Å². The van der Waals surface area contributed by atoms with Gasteiger partial charge in [-0.2, -0.15) is 0 Å². The standard InChI is InChI=1S/C12H23N3OS/c1-4-5-6-10(2)12-15-14-11(17-12)9-13-7-8-16-3/h10,13H,4-9H2,1-3H3. The van der Waals surface area contributed by atoms with Gasteiger partial charge >= 0.3 is 0 Å². The second-order valence-electron chi connectivity index (χ2n) is 4.25. The molecule has 0 amide bonds. The van der Waals surface area contributed by atoms with Gasteiger partial charge in [0, 0.05) is 26.1 Å². The number of methoxy groups -OCH3 is 1. The number of hydrogen-bond acceptors (Lipinski definition) is 5. The maximum atomic E-state index is 4.97. The maximum Gasteiger partial charge on any atom is 0.131 e. The van der Waals surface area contributed by atoms with Crippen molar-refractivity contribution in [2.24, 2.45) is 0 Å². The molecule has 0 spiro atoms. The van der Waals surface area contributed by atoms with Crippen LogP contribution in [0.5, 0.6) is 0 Å². The van der Waals surface area contributed by atoms with Crippen molar-refractivity contribution < 1.29 is 4.74 Å². The Hall–Kier alpha value is -0.520. The molecule has 17 heavy (non-hydrogen) atoms. The molecule has 0 aromatic carbocycles. The van der Waals surface area contributed by atoms with Crippen LogP contribution in [0.1, 0.15) is 49.0 Å². The SMILES string of the molecule is CCCCC(C)c1nnc(CNCCOC)s1. The van der Waals surface area contributed by atoms with Crippen molar-refractivity contribution in [1.82, 2.24) is 15.5 Å². The summed E-state index contributed by atoms with van der Waals surface area (Å²) in [6.07, 6.45) is 3.72. The van der Waals surface area contributed by atoms with Crippen molar-refractivity contribution in [2.75, 3.05) is 20.3 Å². The van der Waals surface area contributed by atoms with Crippen LogP contribution in [0.15, 0.2) is 0 Å². The number of hydrogen-bond donors (Lipinski definition) is 1. The van der Waals surface area contributed by atoms with E-state index in [2.05, 4.69) is 29.4 Å². The van der Waals surface area contributed by atoms with Crippen LogP contribution in [0.4, 0.5) is 0 Å². The van der Waals surface area contributed by atoms with E-state index in [-0.39, 0.29) is 0 Å². The fourth-order valence-electron chi connectivity index (χ4n) is 1.54. The monoisotopic (exact) mass is 257 g/mol. The summed E-state index contributed by atoms with van der Waals surface area (Å²) in [5.74, 6) is 0.542. The highest BCUT2D eigenvalue weighted by Crippen LogP contribution is 2.24. The Bertz CT molecular complexity index is 304. The number of aromatic nitrogens is 2. The third-order valence-corrected chi connectivity index (χ3v) is 3.81. The van der Waals surface area contributed by atoms with Crippen LogP contribution in [0.2, 0.25) is 0 Å². The summed E-state index contributed by atoms with van der Waals surface area (Å²) in [7, 11) is 1.71. The first-order valence-corrected chi connectivity index (χ1v) is 7.11. The molecule has 0 fully saturated rings. The summed E-state index contributed by atoms with van der Waals surface area (Å²) in [6.45, 7) is 6.84. The third-order valence-electron chi connectivity index (χ3n) is 2.65. The molecule has 0 aliphatic carbocycles. The molecule has 1 rings (SSSR count). The van der Waals surface area contributed by atoms with Gasteiger partial charge in [-0.25, -0.2) is 0 Å². The molecule has 1 aromatic rings. The summed E-state index contributed by atoms with van der Waals surface area (Å²) >= 11 is 1.72. The highest BCUT2D eigenvalue weighted by atomic mass is 32.1. The lowest BCUT2D eigenvalue weighted by molar-refractivity contribution is 0.199. The molecule has 1 atom stereocenters. The zero-order valence-electron chi connectivity index (χ0n) is 11.0. The largest absolute Gasteiger partial charge is 0.383 e. The fraction of sp³-hybridized carbons (Fsp3) is 0.833. The van der Waals surface area contributed by atoms with Gasteiger partial charge in [-0.05, 0) is 6.42 Å². The maximum absolute atomic E-state index is 4.97. The highest BCUT2D eigenvalue weighted by Gasteiger charge is 2.11. The Kier molecular flexibility index (Phi) is 7.32. The Labute approximate surface area is 108 Å². The van der Waals surface area contributed by atoms with E-state index in [1.807, 2.05) is 0 Å². The molecule has 0 bridgehead atoms. The molecule has 0 saturated heterocycles. The van der Waals surface area contributed by atoms with Crippen molar-refractivity contribution in [2.45, 2.75) is 45.6 Å². The molecule has 1 aromatic heterocycles. The van der Waals surface area contributed by atoms with Crippen molar-refractivity contribution in [1.29, 1.82) is 0 Å². The Balaban J connectivity index is 2.31. The van der Waals surface area contributed by atoms with E-state index in [1.165, 1.54) is 24.3 Å². The van der Waals surface area contributed by atoms with E-state index in [9.17, 15) is 0 Å². The van der Waals surface area contributed by atoms with Crippen LogP contribution in [-0.4, -0.2) is 30.5 Å². The molecule has 1 N–H and O–H groups in total. The first kappa shape index (κ1) is 14.5. The molecular formula is C12H23N3OS. The third kappa shape index (κ3) is 5.57. The molecule has 0 aliphatic heterocycles. The second kappa shape index (κ2) is 8.55. The Morgan fingerprint density at radius 3 is 2.94 bits per heavy atom. The van der Waals surface area contributed by atoms with Gasteiger partial charge in [0.25, 0.3) is 0 Å². The van der Waals surface area contributed by atoms with Gasteiger partial charge in [0.05, 0.1) is 6.61 Å². The minimum absolute atomic E-state index is 0.542. The summed E-state index contributed by atoms with van der Waals surface area (Å²) < 4.78 is 4.97. The van der Waals surface area contributed by atoms with Gasteiger partial charge < -0.3 is 10.1 Å². The number of ether oxygens (including phenoxy) is 1. The van der Waals surface area contributed by atoms with Crippen molar-refractivity contribution in [3.8, 4) is 0 Å². The quantitative estimate of drug-likeness (QED) is 0.691. The number of unbranched alkanes of at least 4 members (excludes halogenated alkanes) is 1. The normalized spacial score (nSPS) is 12.9. The molecule has 5 heteroatoms. The molecule has 98 valence electrons. The summed E-state index contributed by atoms with van der Waals surface area (Å²) in [5.41, 5.74) is 0. The van der Waals surface area contributed by atoms with Gasteiger partial charge in [0.15, 0.2) is 0 Å². The van der Waals surface area contributed by atoms with Crippen LogP contribution in [0.25, 0.3) is 0 Å².